The van der Waals surface area contributed by atoms with Gasteiger partial charge in [-0.3, -0.25) is 10.8 Å². The maximum Gasteiger partial charge on any atom is 0.119 e. The predicted octanol–water partition coefficient (Wildman–Crippen LogP) is 3.86. The molecule has 2 N–H and O–H groups in total. The number of nitrogens with one attached hydrogen (secondary N) is 2. The Morgan fingerprint density at radius 2 is 1.85 bits per heavy atom. The highest BCUT2D eigenvalue weighted by molar-refractivity contribution is 8.15. The third kappa shape index (κ3) is 4.44. The van der Waals surface area contributed by atoms with Crippen LogP contribution in [0.4, 0.5) is 5.69 Å². The Hall–Kier alpha value is -2.27. The SMILES string of the molecule is COc1ccc(N/N=C/C(=N)Sc2ccccc2)cc1. The minimum Gasteiger partial charge on any atom is -0.497 e. The maximum absolute atomic E-state index is 7.81. The van der Waals surface area contributed by atoms with Gasteiger partial charge in [0.2, 0.25) is 0 Å². The van der Waals surface area contributed by atoms with E-state index in [1.54, 1.807) is 7.11 Å². The van der Waals surface area contributed by atoms with E-state index in [0.717, 1.165) is 16.3 Å². The molecule has 0 aromatic heterocycles. The summed E-state index contributed by atoms with van der Waals surface area (Å²) in [6, 6.07) is 17.2. The number of ether oxygens (including phenoxy) is 1. The minimum atomic E-state index is 0.372. The number of nitrogens with zero attached hydrogens (tertiary/aromatic N) is 1. The summed E-state index contributed by atoms with van der Waals surface area (Å²) in [6.07, 6.45) is 1.49. The van der Waals surface area contributed by atoms with Crippen molar-refractivity contribution in [2.45, 2.75) is 4.90 Å². The van der Waals surface area contributed by atoms with E-state index in [2.05, 4.69) is 10.5 Å². The molecule has 0 aliphatic heterocycles. The smallest absolute Gasteiger partial charge is 0.119 e. The first-order valence-electron chi connectivity index (χ1n) is 6.02. The average molecular weight is 285 g/mol. The second-order valence-electron chi connectivity index (χ2n) is 3.88. The van der Waals surface area contributed by atoms with E-state index in [1.165, 1.54) is 18.0 Å². The fraction of sp³-hybridized carbons (Fsp3) is 0.0667. The molecule has 2 aromatic rings. The first kappa shape index (κ1) is 14.1. The molecular weight excluding hydrogens is 270 g/mol. The zero-order valence-corrected chi connectivity index (χ0v) is 11.9. The van der Waals surface area contributed by atoms with Gasteiger partial charge < -0.3 is 4.74 Å². The van der Waals surface area contributed by atoms with E-state index in [4.69, 9.17) is 10.1 Å². The third-order valence-electron chi connectivity index (χ3n) is 2.44. The largest absolute Gasteiger partial charge is 0.497 e. The molecule has 0 fully saturated rings. The van der Waals surface area contributed by atoms with Gasteiger partial charge in [-0.05, 0) is 36.4 Å². The molecule has 0 bridgehead atoms. The summed E-state index contributed by atoms with van der Waals surface area (Å²) in [6.45, 7) is 0. The molecule has 0 spiro atoms. The topological polar surface area (TPSA) is 57.5 Å². The van der Waals surface area contributed by atoms with Crippen molar-refractivity contribution in [1.29, 1.82) is 5.41 Å². The molecule has 0 heterocycles. The van der Waals surface area contributed by atoms with E-state index in [1.807, 2.05) is 54.6 Å². The van der Waals surface area contributed by atoms with Crippen LogP contribution in [0.1, 0.15) is 0 Å². The van der Waals surface area contributed by atoms with Crippen LogP contribution in [-0.4, -0.2) is 18.4 Å². The van der Waals surface area contributed by atoms with Crippen LogP contribution in [0.25, 0.3) is 0 Å². The third-order valence-corrected chi connectivity index (χ3v) is 3.27. The van der Waals surface area contributed by atoms with Gasteiger partial charge in [0, 0.05) is 4.90 Å². The molecule has 0 unspecified atom stereocenters. The number of rotatable bonds is 5. The van der Waals surface area contributed by atoms with E-state index >= 15 is 0 Å². The Kier molecular flexibility index (Phi) is 5.20. The molecule has 0 radical (unpaired) electrons. The normalized spacial score (nSPS) is 10.4. The lowest BCUT2D eigenvalue weighted by molar-refractivity contribution is 0.415. The van der Waals surface area contributed by atoms with E-state index in [-0.39, 0.29) is 0 Å². The van der Waals surface area contributed by atoms with Crippen molar-refractivity contribution < 1.29 is 4.74 Å². The van der Waals surface area contributed by atoms with Gasteiger partial charge in [-0.25, -0.2) is 0 Å². The molecule has 0 aliphatic rings. The first-order chi connectivity index (χ1) is 9.78. The van der Waals surface area contributed by atoms with Crippen LogP contribution in [-0.2, 0) is 0 Å². The van der Waals surface area contributed by atoms with Crippen LogP contribution in [0.5, 0.6) is 5.75 Å². The zero-order chi connectivity index (χ0) is 14.2. The lowest BCUT2D eigenvalue weighted by Crippen LogP contribution is -1.96. The summed E-state index contributed by atoms with van der Waals surface area (Å²) in [5, 5.41) is 12.2. The summed E-state index contributed by atoms with van der Waals surface area (Å²) in [7, 11) is 1.63. The fourth-order valence-electron chi connectivity index (χ4n) is 1.47. The number of hydrogen-bond acceptors (Lipinski definition) is 5. The van der Waals surface area contributed by atoms with E-state index in [0.29, 0.717) is 5.04 Å². The number of anilines is 1. The second-order valence-corrected chi connectivity index (χ2v) is 4.99. The molecule has 2 aromatic carbocycles. The summed E-state index contributed by atoms with van der Waals surface area (Å²) in [5.41, 5.74) is 3.72. The Balaban J connectivity index is 1.84. The molecule has 0 aliphatic carbocycles. The summed E-state index contributed by atoms with van der Waals surface area (Å²) >= 11 is 1.36. The average Bonchev–Trinajstić information content (AvgIpc) is 2.49. The van der Waals surface area contributed by atoms with Crippen LogP contribution in [0.15, 0.2) is 64.6 Å². The highest BCUT2D eigenvalue weighted by atomic mass is 32.2. The summed E-state index contributed by atoms with van der Waals surface area (Å²) in [4.78, 5) is 1.02. The molecule has 20 heavy (non-hydrogen) atoms. The van der Waals surface area contributed by atoms with Crippen molar-refractivity contribution in [2.75, 3.05) is 12.5 Å². The first-order valence-corrected chi connectivity index (χ1v) is 6.84. The molecule has 102 valence electrons. The molecule has 4 nitrogen and oxygen atoms in total. The fourth-order valence-corrected chi connectivity index (χ4v) is 2.13. The van der Waals surface area contributed by atoms with E-state index < -0.39 is 0 Å². The lowest BCUT2D eigenvalue weighted by Gasteiger charge is -2.02. The highest BCUT2D eigenvalue weighted by Gasteiger charge is 1.96. The van der Waals surface area contributed by atoms with Gasteiger partial charge in [0.15, 0.2) is 0 Å². The number of benzene rings is 2. The predicted molar refractivity (Wildman–Crippen MR) is 85.1 cm³/mol. The van der Waals surface area contributed by atoms with Crippen LogP contribution < -0.4 is 10.2 Å². The number of thioether (sulfide) groups is 1. The van der Waals surface area contributed by atoms with Crippen molar-refractivity contribution in [3.63, 3.8) is 0 Å². The minimum absolute atomic E-state index is 0.372. The Morgan fingerprint density at radius 1 is 1.15 bits per heavy atom. The summed E-state index contributed by atoms with van der Waals surface area (Å²) < 4.78 is 5.07. The van der Waals surface area contributed by atoms with Gasteiger partial charge in [-0.1, -0.05) is 30.0 Å². The highest BCUT2D eigenvalue weighted by Crippen LogP contribution is 2.17. The monoisotopic (exact) mass is 285 g/mol. The maximum atomic E-state index is 7.81. The van der Waals surface area contributed by atoms with Crippen LogP contribution in [0.2, 0.25) is 0 Å². The van der Waals surface area contributed by atoms with E-state index in [9.17, 15) is 0 Å². The molecular formula is C15H15N3OS. The molecule has 2 rings (SSSR count). The number of hydrogen-bond donors (Lipinski definition) is 2. The van der Waals surface area contributed by atoms with Gasteiger partial charge in [0.05, 0.1) is 19.0 Å². The zero-order valence-electron chi connectivity index (χ0n) is 11.0. The standard InChI is InChI=1S/C15H15N3OS/c1-19-13-9-7-12(8-10-13)18-17-11-15(16)20-14-5-3-2-4-6-14/h2-11,16,18H,1H3/b16-15?,17-11+. The van der Waals surface area contributed by atoms with Gasteiger partial charge in [-0.15, -0.1) is 0 Å². The van der Waals surface area contributed by atoms with Gasteiger partial charge in [0.25, 0.3) is 0 Å². The van der Waals surface area contributed by atoms with Crippen molar-refractivity contribution in [3.05, 3.63) is 54.6 Å². The molecule has 5 heteroatoms. The summed E-state index contributed by atoms with van der Waals surface area (Å²) in [5.74, 6) is 0.798. The van der Waals surface area contributed by atoms with Crippen molar-refractivity contribution in [3.8, 4) is 5.75 Å². The molecule has 0 amide bonds. The Labute approximate surface area is 122 Å². The molecule has 0 atom stereocenters. The number of methoxy groups -OCH3 is 1. The second kappa shape index (κ2) is 7.35. The molecule has 0 saturated carbocycles. The van der Waals surface area contributed by atoms with Crippen LogP contribution in [0.3, 0.4) is 0 Å². The van der Waals surface area contributed by atoms with Crippen LogP contribution in [0, 0.1) is 5.41 Å². The van der Waals surface area contributed by atoms with Gasteiger partial charge in [0.1, 0.15) is 10.8 Å². The van der Waals surface area contributed by atoms with Gasteiger partial charge in [-0.2, -0.15) is 5.10 Å². The van der Waals surface area contributed by atoms with Crippen molar-refractivity contribution in [1.82, 2.24) is 0 Å². The van der Waals surface area contributed by atoms with Crippen molar-refractivity contribution >= 4 is 28.7 Å². The Bertz CT molecular complexity index is 582. The quantitative estimate of drug-likeness (QED) is 0.379. The Morgan fingerprint density at radius 3 is 2.50 bits per heavy atom. The number of hydrazone groups is 1. The molecule has 0 saturated heterocycles. The van der Waals surface area contributed by atoms with Gasteiger partial charge >= 0.3 is 0 Å². The van der Waals surface area contributed by atoms with Crippen molar-refractivity contribution in [2.24, 2.45) is 5.10 Å². The van der Waals surface area contributed by atoms with Crippen LogP contribution >= 0.6 is 11.8 Å². The lowest BCUT2D eigenvalue weighted by atomic mass is 10.3.